The number of Topliss-reactive ketones (excluding diaryl/α,β-unsaturated/α-hetero) is 1. The van der Waals surface area contributed by atoms with E-state index in [0.717, 1.165) is 15.9 Å². The van der Waals surface area contributed by atoms with Crippen LogP contribution in [-0.4, -0.2) is 10.8 Å². The van der Waals surface area contributed by atoms with Crippen molar-refractivity contribution < 1.29 is 4.79 Å². The van der Waals surface area contributed by atoms with Crippen molar-refractivity contribution in [2.45, 2.75) is 31.6 Å². The summed E-state index contributed by atoms with van der Waals surface area (Å²) in [6, 6.07) is 16.3. The van der Waals surface area contributed by atoms with Crippen molar-refractivity contribution in [3.63, 3.8) is 0 Å². The normalized spacial score (nSPS) is 21.2. The summed E-state index contributed by atoms with van der Waals surface area (Å²) in [5.41, 5.74) is 4.71. The summed E-state index contributed by atoms with van der Waals surface area (Å²) in [6.07, 6.45) is 1.15. The monoisotopic (exact) mass is 323 g/mol. The molecule has 2 atom stereocenters. The topological polar surface area (TPSA) is 32.9 Å². The minimum atomic E-state index is 0.0924. The molecule has 0 saturated carbocycles. The van der Waals surface area contributed by atoms with E-state index in [4.69, 9.17) is 11.6 Å². The predicted octanol–water partition coefficient (Wildman–Crippen LogP) is 5.42. The molecule has 23 heavy (non-hydrogen) atoms. The van der Waals surface area contributed by atoms with Crippen LogP contribution in [-0.2, 0) is 4.79 Å². The fraction of sp³-hybridized carbons (Fsp3) is 0.250. The van der Waals surface area contributed by atoms with E-state index in [2.05, 4.69) is 24.0 Å². The fourth-order valence-electron chi connectivity index (χ4n) is 3.84. The van der Waals surface area contributed by atoms with E-state index in [0.29, 0.717) is 18.6 Å². The van der Waals surface area contributed by atoms with Gasteiger partial charge in [-0.1, -0.05) is 48.9 Å². The number of H-pyrrole nitrogens is 1. The summed E-state index contributed by atoms with van der Waals surface area (Å²) in [7, 11) is 0. The standard InChI is InChI=1S/C20H18ClNO/c1-12-9-15(23)11-16(13-5-3-2-4-6-13)20-19(12)17-10-14(21)7-8-18(17)22-20/h2-8,10,12,16,22H,9,11H2,1H3/t12-,16-/m1/s1. The second kappa shape index (κ2) is 5.54. The largest absolute Gasteiger partial charge is 0.358 e. The Balaban J connectivity index is 1.98. The Morgan fingerprint density at radius 2 is 1.87 bits per heavy atom. The van der Waals surface area contributed by atoms with E-state index in [9.17, 15) is 4.79 Å². The number of rotatable bonds is 1. The number of benzene rings is 2. The summed E-state index contributed by atoms with van der Waals surface area (Å²) >= 11 is 6.21. The Bertz CT molecular complexity index is 881. The Kier molecular flexibility index (Phi) is 3.50. The van der Waals surface area contributed by atoms with Gasteiger partial charge in [0.25, 0.3) is 0 Å². The van der Waals surface area contributed by atoms with Gasteiger partial charge < -0.3 is 4.98 Å². The molecule has 0 radical (unpaired) electrons. The highest BCUT2D eigenvalue weighted by molar-refractivity contribution is 6.31. The Morgan fingerprint density at radius 1 is 1.09 bits per heavy atom. The zero-order valence-corrected chi connectivity index (χ0v) is 13.7. The summed E-state index contributed by atoms with van der Waals surface area (Å²) < 4.78 is 0. The van der Waals surface area contributed by atoms with Gasteiger partial charge in [-0.25, -0.2) is 0 Å². The molecule has 0 amide bonds. The number of aromatic amines is 1. The molecule has 2 aromatic carbocycles. The fourth-order valence-corrected chi connectivity index (χ4v) is 4.01. The first kappa shape index (κ1) is 14.5. The molecule has 0 unspecified atom stereocenters. The minimum absolute atomic E-state index is 0.0924. The highest BCUT2D eigenvalue weighted by Crippen LogP contribution is 2.42. The van der Waals surface area contributed by atoms with Crippen molar-refractivity contribution in [3.8, 4) is 0 Å². The number of hydrogen-bond acceptors (Lipinski definition) is 1. The number of fused-ring (bicyclic) bond motifs is 3. The van der Waals surface area contributed by atoms with E-state index >= 15 is 0 Å². The van der Waals surface area contributed by atoms with Gasteiger partial charge in [-0.2, -0.15) is 0 Å². The van der Waals surface area contributed by atoms with Crippen molar-refractivity contribution in [3.05, 3.63) is 70.4 Å². The Morgan fingerprint density at radius 3 is 2.65 bits per heavy atom. The van der Waals surface area contributed by atoms with Gasteiger partial charge in [0.15, 0.2) is 0 Å². The maximum Gasteiger partial charge on any atom is 0.134 e. The van der Waals surface area contributed by atoms with E-state index in [1.807, 2.05) is 36.4 Å². The zero-order chi connectivity index (χ0) is 16.0. The number of ketones is 1. The van der Waals surface area contributed by atoms with Gasteiger partial charge in [0, 0.05) is 40.4 Å². The second-order valence-corrected chi connectivity index (χ2v) is 6.89. The summed E-state index contributed by atoms with van der Waals surface area (Å²) in [4.78, 5) is 16.0. The van der Waals surface area contributed by atoms with E-state index in [1.165, 1.54) is 16.8 Å². The summed E-state index contributed by atoms with van der Waals surface area (Å²) in [5, 5.41) is 1.88. The third kappa shape index (κ3) is 2.47. The van der Waals surface area contributed by atoms with E-state index in [-0.39, 0.29) is 11.8 Å². The van der Waals surface area contributed by atoms with Gasteiger partial charge in [0.1, 0.15) is 5.78 Å². The molecule has 3 heteroatoms. The molecule has 3 aromatic rings. The smallest absolute Gasteiger partial charge is 0.134 e. The second-order valence-electron chi connectivity index (χ2n) is 6.45. The predicted molar refractivity (Wildman–Crippen MR) is 94.2 cm³/mol. The molecule has 0 saturated heterocycles. The highest BCUT2D eigenvalue weighted by atomic mass is 35.5. The van der Waals surface area contributed by atoms with E-state index < -0.39 is 0 Å². The van der Waals surface area contributed by atoms with Crippen molar-refractivity contribution >= 4 is 28.3 Å². The van der Waals surface area contributed by atoms with Crippen LogP contribution in [0, 0.1) is 0 Å². The average Bonchev–Trinajstić information content (AvgIpc) is 2.85. The molecule has 116 valence electrons. The molecule has 0 spiro atoms. The van der Waals surface area contributed by atoms with Crippen molar-refractivity contribution in [2.24, 2.45) is 0 Å². The summed E-state index contributed by atoms with van der Waals surface area (Å²) in [5.74, 6) is 0.624. The minimum Gasteiger partial charge on any atom is -0.358 e. The van der Waals surface area contributed by atoms with Gasteiger partial charge in [-0.15, -0.1) is 0 Å². The lowest BCUT2D eigenvalue weighted by atomic mass is 9.89. The zero-order valence-electron chi connectivity index (χ0n) is 13.0. The van der Waals surface area contributed by atoms with Gasteiger partial charge in [0.2, 0.25) is 0 Å². The Hall–Kier alpha value is -2.06. The Labute approximate surface area is 140 Å². The van der Waals surface area contributed by atoms with Crippen LogP contribution in [0.25, 0.3) is 10.9 Å². The third-order valence-corrected chi connectivity index (χ3v) is 5.08. The molecule has 1 aliphatic carbocycles. The van der Waals surface area contributed by atoms with Crippen LogP contribution in [0.1, 0.15) is 48.4 Å². The van der Waals surface area contributed by atoms with Crippen molar-refractivity contribution in [1.29, 1.82) is 0 Å². The molecule has 1 heterocycles. The first-order valence-corrected chi connectivity index (χ1v) is 8.39. The average molecular weight is 324 g/mol. The number of carbonyl (C=O) groups excluding carboxylic acids is 1. The van der Waals surface area contributed by atoms with Crippen molar-refractivity contribution in [2.75, 3.05) is 0 Å². The lowest BCUT2D eigenvalue weighted by Gasteiger charge is -2.15. The quantitative estimate of drug-likeness (QED) is 0.596. The van der Waals surface area contributed by atoms with Crippen LogP contribution in [0.3, 0.4) is 0 Å². The maximum atomic E-state index is 12.4. The first-order valence-electron chi connectivity index (χ1n) is 8.01. The van der Waals surface area contributed by atoms with Crippen LogP contribution >= 0.6 is 11.6 Å². The molecule has 0 bridgehead atoms. The van der Waals surface area contributed by atoms with Crippen LogP contribution in [0.5, 0.6) is 0 Å². The molecule has 0 fully saturated rings. The molecule has 1 aliphatic rings. The highest BCUT2D eigenvalue weighted by Gasteiger charge is 2.31. The van der Waals surface area contributed by atoms with Gasteiger partial charge in [-0.3, -0.25) is 4.79 Å². The first-order chi connectivity index (χ1) is 11.1. The maximum absolute atomic E-state index is 12.4. The molecule has 0 aliphatic heterocycles. The molecular formula is C20H18ClNO. The number of nitrogens with one attached hydrogen (secondary N) is 1. The van der Waals surface area contributed by atoms with Crippen LogP contribution < -0.4 is 0 Å². The molecule has 4 rings (SSSR count). The number of aromatic nitrogens is 1. The SMILES string of the molecule is C[C@@H]1CC(=O)C[C@H](c2ccccc2)c2[nH]c3ccc(Cl)cc3c21. The van der Waals surface area contributed by atoms with Gasteiger partial charge in [0.05, 0.1) is 0 Å². The van der Waals surface area contributed by atoms with Gasteiger partial charge >= 0.3 is 0 Å². The number of carbonyl (C=O) groups is 1. The van der Waals surface area contributed by atoms with Crippen LogP contribution in [0.15, 0.2) is 48.5 Å². The lowest BCUT2D eigenvalue weighted by Crippen LogP contribution is -2.06. The van der Waals surface area contributed by atoms with E-state index in [1.54, 1.807) is 0 Å². The molecule has 1 aromatic heterocycles. The van der Waals surface area contributed by atoms with Gasteiger partial charge in [-0.05, 0) is 35.2 Å². The number of halogens is 1. The molecule has 2 nitrogen and oxygen atoms in total. The van der Waals surface area contributed by atoms with Crippen LogP contribution in [0.2, 0.25) is 5.02 Å². The molecular weight excluding hydrogens is 306 g/mol. The van der Waals surface area contributed by atoms with Crippen LogP contribution in [0.4, 0.5) is 0 Å². The number of hydrogen-bond donors (Lipinski definition) is 1. The third-order valence-electron chi connectivity index (χ3n) is 4.84. The molecule has 1 N–H and O–H groups in total. The van der Waals surface area contributed by atoms with Crippen molar-refractivity contribution in [1.82, 2.24) is 4.98 Å². The summed E-state index contributed by atoms with van der Waals surface area (Å²) in [6.45, 7) is 2.14. The lowest BCUT2D eigenvalue weighted by molar-refractivity contribution is -0.119.